The lowest BCUT2D eigenvalue weighted by Gasteiger charge is -2.36. The van der Waals surface area contributed by atoms with Crippen molar-refractivity contribution in [2.24, 2.45) is 0 Å². The maximum atomic E-state index is 11.3. The Morgan fingerprint density at radius 3 is 2.63 bits per heavy atom. The van der Waals surface area contributed by atoms with Gasteiger partial charge in [-0.3, -0.25) is 4.79 Å². The Morgan fingerprint density at radius 2 is 2.05 bits per heavy atom. The second-order valence-electron chi connectivity index (χ2n) is 4.82. The van der Waals surface area contributed by atoms with Gasteiger partial charge in [-0.25, -0.2) is 0 Å². The van der Waals surface area contributed by atoms with Gasteiger partial charge in [0.15, 0.2) is 6.29 Å². The van der Waals surface area contributed by atoms with E-state index in [1.54, 1.807) is 13.8 Å². The molecule has 1 heterocycles. The number of carboxylic acids is 1. The van der Waals surface area contributed by atoms with Gasteiger partial charge >= 0.3 is 0 Å². The van der Waals surface area contributed by atoms with E-state index in [0.717, 1.165) is 0 Å². The summed E-state index contributed by atoms with van der Waals surface area (Å²) in [6, 6.07) is 0. The summed E-state index contributed by atoms with van der Waals surface area (Å²) < 4.78 is 10.6. The maximum absolute atomic E-state index is 11.3. The molecule has 5 atom stereocenters. The van der Waals surface area contributed by atoms with Crippen molar-refractivity contribution in [3.63, 3.8) is 0 Å². The molecule has 1 aliphatic rings. The molecule has 0 aromatic carbocycles. The summed E-state index contributed by atoms with van der Waals surface area (Å²) >= 11 is 0. The van der Waals surface area contributed by atoms with Crippen LogP contribution in [0.25, 0.3) is 0 Å². The highest BCUT2D eigenvalue weighted by Crippen LogP contribution is 2.22. The number of rotatable bonds is 6. The van der Waals surface area contributed by atoms with Crippen molar-refractivity contribution in [2.75, 3.05) is 0 Å². The highest BCUT2D eigenvalue weighted by atomic mass is 16.7. The van der Waals surface area contributed by atoms with E-state index in [0.29, 0.717) is 0 Å². The fourth-order valence-corrected chi connectivity index (χ4v) is 1.90. The number of aliphatic hydroxyl groups excluding tert-OH is 2. The van der Waals surface area contributed by atoms with Crippen molar-refractivity contribution in [3.8, 4) is 0 Å². The van der Waals surface area contributed by atoms with Crippen LogP contribution >= 0.6 is 0 Å². The van der Waals surface area contributed by atoms with E-state index in [-0.39, 0.29) is 12.8 Å². The van der Waals surface area contributed by atoms with Gasteiger partial charge in [0, 0.05) is 25.2 Å². The van der Waals surface area contributed by atoms with Crippen molar-refractivity contribution in [1.29, 1.82) is 0 Å². The van der Waals surface area contributed by atoms with Gasteiger partial charge in [0.25, 0.3) is 0 Å². The molecule has 7 heteroatoms. The summed E-state index contributed by atoms with van der Waals surface area (Å²) in [6.45, 7) is 3.23. The summed E-state index contributed by atoms with van der Waals surface area (Å²) in [4.78, 5) is 21.5. The van der Waals surface area contributed by atoms with Crippen LogP contribution in [0.3, 0.4) is 0 Å². The van der Waals surface area contributed by atoms with Gasteiger partial charge in [0.2, 0.25) is 0 Å². The van der Waals surface area contributed by atoms with Crippen LogP contribution in [0.4, 0.5) is 0 Å². The third kappa shape index (κ3) is 5.23. The molecule has 110 valence electrons. The van der Waals surface area contributed by atoms with E-state index in [9.17, 15) is 24.9 Å². The number of Topliss-reactive ketones (excluding diaryl/α,β-unsaturated/α-hetero) is 1. The smallest absolute Gasteiger partial charge is 0.184 e. The fraction of sp³-hybridized carbons (Fsp3) is 0.833. The molecule has 0 radical (unpaired) electrons. The van der Waals surface area contributed by atoms with Crippen molar-refractivity contribution in [1.82, 2.24) is 0 Å². The van der Waals surface area contributed by atoms with Crippen LogP contribution in [0.5, 0.6) is 0 Å². The topological polar surface area (TPSA) is 116 Å². The van der Waals surface area contributed by atoms with Gasteiger partial charge < -0.3 is 29.6 Å². The summed E-state index contributed by atoms with van der Waals surface area (Å²) in [7, 11) is 0. The van der Waals surface area contributed by atoms with Crippen molar-refractivity contribution in [3.05, 3.63) is 0 Å². The van der Waals surface area contributed by atoms with E-state index in [2.05, 4.69) is 0 Å². The highest BCUT2D eigenvalue weighted by Gasteiger charge is 2.35. The van der Waals surface area contributed by atoms with E-state index in [1.165, 1.54) is 0 Å². The van der Waals surface area contributed by atoms with E-state index >= 15 is 0 Å². The fourth-order valence-electron chi connectivity index (χ4n) is 1.90. The average Bonchev–Trinajstić information content (AvgIpc) is 2.24. The number of aliphatic carboxylic acids is 1. The number of hydrogen-bond acceptors (Lipinski definition) is 7. The molecule has 1 saturated heterocycles. The molecule has 7 nitrogen and oxygen atoms in total. The Bertz CT molecular complexity index is 330. The minimum Gasteiger partial charge on any atom is -0.550 e. The molecule has 1 rings (SSSR count). The number of carbonyl (C=O) groups is 2. The molecule has 0 saturated carbocycles. The third-order valence-corrected chi connectivity index (χ3v) is 2.91. The lowest BCUT2D eigenvalue weighted by molar-refractivity contribution is -0.304. The van der Waals surface area contributed by atoms with Crippen LogP contribution in [-0.4, -0.2) is 52.7 Å². The van der Waals surface area contributed by atoms with Gasteiger partial charge in [-0.05, 0) is 13.8 Å². The standard InChI is InChI=1S/C12H20O7/c1-6(3-8(13)4-11(16)17)18-12-10(15)5-9(14)7(2)19-12/h6-7,9-10,12,14-15H,3-5H2,1-2H3,(H,16,17)/p-1/t6-,7+,9-,10-,12-/m1/s1. The zero-order chi connectivity index (χ0) is 14.6. The van der Waals surface area contributed by atoms with E-state index in [4.69, 9.17) is 9.47 Å². The maximum Gasteiger partial charge on any atom is 0.184 e. The first-order valence-corrected chi connectivity index (χ1v) is 6.18. The van der Waals surface area contributed by atoms with Gasteiger partial charge in [-0.15, -0.1) is 0 Å². The minimum atomic E-state index is -1.43. The van der Waals surface area contributed by atoms with Gasteiger partial charge in [-0.1, -0.05) is 0 Å². The Hall–Kier alpha value is -1.02. The molecule has 0 bridgehead atoms. The normalized spacial score (nSPS) is 32.8. The van der Waals surface area contributed by atoms with Gasteiger partial charge in [-0.2, -0.15) is 0 Å². The second kappa shape index (κ2) is 6.95. The SMILES string of the molecule is C[C@H](CC(=O)CC(=O)[O-])O[C@@H]1O[C@@H](C)[C@H](O)C[C@H]1O. The molecular formula is C12H19O7-. The largest absolute Gasteiger partial charge is 0.550 e. The molecule has 0 amide bonds. The van der Waals surface area contributed by atoms with Crippen LogP contribution in [0.1, 0.15) is 33.1 Å². The molecule has 0 unspecified atom stereocenters. The van der Waals surface area contributed by atoms with E-state index in [1.807, 2.05) is 0 Å². The summed E-state index contributed by atoms with van der Waals surface area (Å²) in [5, 5.41) is 29.4. The number of ether oxygens (including phenoxy) is 2. The monoisotopic (exact) mass is 275 g/mol. The second-order valence-corrected chi connectivity index (χ2v) is 4.82. The van der Waals surface area contributed by atoms with Crippen LogP contribution in [0, 0.1) is 0 Å². The predicted molar refractivity (Wildman–Crippen MR) is 60.8 cm³/mol. The van der Waals surface area contributed by atoms with Crippen LogP contribution in [0.15, 0.2) is 0 Å². The molecule has 0 aromatic rings. The zero-order valence-electron chi connectivity index (χ0n) is 10.9. The summed E-state index contributed by atoms with van der Waals surface area (Å²) in [5.41, 5.74) is 0. The quantitative estimate of drug-likeness (QED) is 0.558. The molecule has 1 aliphatic heterocycles. The van der Waals surface area contributed by atoms with Gasteiger partial charge in [0.05, 0.1) is 18.3 Å². The number of hydrogen-bond donors (Lipinski definition) is 2. The minimum absolute atomic E-state index is 0.0997. The van der Waals surface area contributed by atoms with Crippen LogP contribution in [0.2, 0.25) is 0 Å². The van der Waals surface area contributed by atoms with Crippen molar-refractivity contribution in [2.45, 2.75) is 63.8 Å². The summed E-state index contributed by atoms with van der Waals surface area (Å²) in [6.07, 6.45) is -4.35. The molecule has 0 aromatic heterocycles. The lowest BCUT2D eigenvalue weighted by atomic mass is 10.0. The Balaban J connectivity index is 2.41. The van der Waals surface area contributed by atoms with Crippen molar-refractivity contribution < 1.29 is 34.4 Å². The number of aliphatic hydroxyl groups is 2. The average molecular weight is 275 g/mol. The number of carbonyl (C=O) groups excluding carboxylic acids is 2. The first kappa shape index (κ1) is 16.0. The Morgan fingerprint density at radius 1 is 1.42 bits per heavy atom. The van der Waals surface area contributed by atoms with Crippen molar-refractivity contribution >= 4 is 11.8 Å². The van der Waals surface area contributed by atoms with Crippen LogP contribution < -0.4 is 5.11 Å². The third-order valence-electron chi connectivity index (χ3n) is 2.91. The number of carboxylic acid groups (broad SMARTS) is 1. The molecule has 19 heavy (non-hydrogen) atoms. The number of ketones is 1. The molecule has 0 spiro atoms. The molecular weight excluding hydrogens is 256 g/mol. The lowest BCUT2D eigenvalue weighted by Crippen LogP contribution is -2.48. The van der Waals surface area contributed by atoms with Crippen LogP contribution in [-0.2, 0) is 19.1 Å². The first-order valence-electron chi connectivity index (χ1n) is 6.18. The molecule has 2 N–H and O–H groups in total. The Kier molecular flexibility index (Phi) is 5.86. The van der Waals surface area contributed by atoms with E-state index < -0.39 is 48.9 Å². The molecule has 1 fully saturated rings. The highest BCUT2D eigenvalue weighted by molar-refractivity contribution is 5.94. The zero-order valence-corrected chi connectivity index (χ0v) is 10.9. The molecule has 0 aliphatic carbocycles. The first-order chi connectivity index (χ1) is 8.79. The predicted octanol–water partition coefficient (Wildman–Crippen LogP) is -1.65. The summed E-state index contributed by atoms with van der Waals surface area (Å²) in [5.74, 6) is -1.94. The Labute approximate surface area is 111 Å². The van der Waals surface area contributed by atoms with Gasteiger partial charge in [0.1, 0.15) is 11.9 Å².